The lowest BCUT2D eigenvalue weighted by Gasteiger charge is -2.20. The Labute approximate surface area is 304 Å². The number of phosphoric acid groups is 1. The molecule has 3 unspecified atom stereocenters. The van der Waals surface area contributed by atoms with Crippen molar-refractivity contribution in [3.63, 3.8) is 0 Å². The average molecular weight is 733 g/mol. The Hall–Kier alpha value is -1.55. The number of rotatable bonds is 37. The number of ether oxygens (including phenoxy) is 2. The second-order valence-corrected chi connectivity index (χ2v) is 14.8. The lowest BCUT2D eigenvalue weighted by Crippen LogP contribution is -2.29. The van der Waals surface area contributed by atoms with Crippen molar-refractivity contribution < 1.29 is 47.8 Å². The summed E-state index contributed by atoms with van der Waals surface area (Å²) in [7, 11) is -4.61. The zero-order valence-electron chi connectivity index (χ0n) is 31.6. The molecular weight excluding hydrogens is 659 g/mol. The van der Waals surface area contributed by atoms with Crippen LogP contribution < -0.4 is 0 Å². The van der Waals surface area contributed by atoms with Gasteiger partial charge in [0.15, 0.2) is 6.10 Å². The summed E-state index contributed by atoms with van der Waals surface area (Å²) in [6, 6.07) is 0. The quantitative estimate of drug-likeness (QED) is 0.0244. The molecule has 10 nitrogen and oxygen atoms in total. The van der Waals surface area contributed by atoms with Crippen LogP contribution in [0.3, 0.4) is 0 Å². The number of esters is 2. The number of carbonyl (C=O) groups excluding carboxylic acids is 2. The highest BCUT2D eigenvalue weighted by Crippen LogP contribution is 2.43. The van der Waals surface area contributed by atoms with Gasteiger partial charge in [-0.2, -0.15) is 0 Å². The molecule has 0 aliphatic carbocycles. The molecule has 0 fully saturated rings. The second-order valence-electron chi connectivity index (χ2n) is 13.3. The Morgan fingerprint density at radius 1 is 0.580 bits per heavy atom. The van der Waals surface area contributed by atoms with Crippen molar-refractivity contribution in [2.45, 2.75) is 187 Å². The van der Waals surface area contributed by atoms with E-state index in [0.717, 1.165) is 77.0 Å². The van der Waals surface area contributed by atoms with E-state index in [1.54, 1.807) is 0 Å². The highest BCUT2D eigenvalue weighted by Gasteiger charge is 2.27. The molecule has 0 bridgehead atoms. The first-order valence-electron chi connectivity index (χ1n) is 19.8. The minimum atomic E-state index is -4.61. The van der Waals surface area contributed by atoms with Crippen LogP contribution in [-0.4, -0.2) is 65.7 Å². The molecule has 0 aliphatic heterocycles. The zero-order valence-corrected chi connectivity index (χ0v) is 32.5. The van der Waals surface area contributed by atoms with E-state index in [1.165, 1.54) is 57.8 Å². The molecule has 50 heavy (non-hydrogen) atoms. The van der Waals surface area contributed by atoms with Crippen LogP contribution in [0.1, 0.15) is 174 Å². The zero-order chi connectivity index (χ0) is 37.0. The summed E-state index contributed by atoms with van der Waals surface area (Å²) in [5.74, 6) is -0.945. The summed E-state index contributed by atoms with van der Waals surface area (Å²) >= 11 is 0. The molecule has 0 amide bonds. The van der Waals surface area contributed by atoms with Crippen LogP contribution in [0.15, 0.2) is 24.3 Å². The Balaban J connectivity index is 4.35. The van der Waals surface area contributed by atoms with Gasteiger partial charge < -0.3 is 24.6 Å². The van der Waals surface area contributed by atoms with Crippen LogP contribution in [0.5, 0.6) is 0 Å². The number of hydrogen-bond acceptors (Lipinski definition) is 9. The second kappa shape index (κ2) is 35.8. The van der Waals surface area contributed by atoms with Gasteiger partial charge in [0.1, 0.15) is 12.7 Å². The normalized spacial score (nSPS) is 14.3. The van der Waals surface area contributed by atoms with Gasteiger partial charge in [-0.25, -0.2) is 4.57 Å². The van der Waals surface area contributed by atoms with Crippen molar-refractivity contribution in [3.05, 3.63) is 24.3 Å². The Kier molecular flexibility index (Phi) is 34.7. The predicted molar refractivity (Wildman–Crippen MR) is 201 cm³/mol. The number of hydrogen-bond donors (Lipinski definition) is 3. The standard InChI is InChI=1S/C39H73O10P/c1-3-5-7-9-11-13-15-16-17-18-19-21-23-25-27-29-31-39(43)49-37(35-48-50(44,45)47-33-36(41)32-40)34-46-38(42)30-28-26-24-22-20-14-12-10-8-6-4-2/h10,12,17-18,36-37,40-41H,3-9,11,13-16,19-35H2,1-2H3,(H,44,45)/b12-10-,18-17-. The lowest BCUT2D eigenvalue weighted by molar-refractivity contribution is -0.161. The van der Waals surface area contributed by atoms with E-state index < -0.39 is 51.8 Å². The highest BCUT2D eigenvalue weighted by molar-refractivity contribution is 7.47. The molecule has 0 rings (SSSR count). The maximum Gasteiger partial charge on any atom is 0.472 e. The molecule has 0 saturated carbocycles. The Bertz CT molecular complexity index is 894. The van der Waals surface area contributed by atoms with Gasteiger partial charge in [0.25, 0.3) is 0 Å². The number of unbranched alkanes of at least 4 members (excludes halogenated alkanes) is 19. The van der Waals surface area contributed by atoms with E-state index in [4.69, 9.17) is 19.1 Å². The number of allylic oxidation sites excluding steroid dienone is 4. The van der Waals surface area contributed by atoms with Crippen molar-refractivity contribution in [1.82, 2.24) is 0 Å². The Morgan fingerprint density at radius 2 is 1.00 bits per heavy atom. The Morgan fingerprint density at radius 3 is 1.50 bits per heavy atom. The van der Waals surface area contributed by atoms with Gasteiger partial charge in [0, 0.05) is 12.8 Å². The minimum absolute atomic E-state index is 0.174. The van der Waals surface area contributed by atoms with Crippen molar-refractivity contribution in [1.29, 1.82) is 0 Å². The first kappa shape index (κ1) is 48.5. The molecule has 0 aromatic heterocycles. The van der Waals surface area contributed by atoms with Crippen LogP contribution in [-0.2, 0) is 32.7 Å². The summed E-state index contributed by atoms with van der Waals surface area (Å²) in [5.41, 5.74) is 0. The molecule has 11 heteroatoms. The fraction of sp³-hybridized carbons (Fsp3) is 0.846. The molecule has 3 atom stereocenters. The molecule has 0 aliphatic rings. The molecule has 0 saturated heterocycles. The third-order valence-electron chi connectivity index (χ3n) is 8.33. The van der Waals surface area contributed by atoms with Crippen LogP contribution >= 0.6 is 7.82 Å². The SMILES string of the molecule is CCCC/C=C\CCCCCCCC(=O)OCC(COP(=O)(O)OCC(O)CO)OC(=O)CCCCCCC/C=C\CCCCCCCCC. The predicted octanol–water partition coefficient (Wildman–Crippen LogP) is 9.83. The van der Waals surface area contributed by atoms with Crippen LogP contribution in [0.25, 0.3) is 0 Å². The fourth-order valence-corrected chi connectivity index (χ4v) is 5.99. The van der Waals surface area contributed by atoms with Gasteiger partial charge >= 0.3 is 19.8 Å². The molecule has 0 aromatic rings. The lowest BCUT2D eigenvalue weighted by atomic mass is 10.1. The third kappa shape index (κ3) is 34.9. The van der Waals surface area contributed by atoms with Crippen LogP contribution in [0.2, 0.25) is 0 Å². The minimum Gasteiger partial charge on any atom is -0.462 e. The summed E-state index contributed by atoms with van der Waals surface area (Å²) < 4.78 is 32.6. The summed E-state index contributed by atoms with van der Waals surface area (Å²) in [4.78, 5) is 34.8. The molecule has 0 aromatic carbocycles. The largest absolute Gasteiger partial charge is 0.472 e. The highest BCUT2D eigenvalue weighted by atomic mass is 31.2. The number of carbonyl (C=O) groups is 2. The van der Waals surface area contributed by atoms with E-state index in [0.29, 0.717) is 12.8 Å². The summed E-state index contributed by atoms with van der Waals surface area (Å²) in [6.07, 6.45) is 32.9. The van der Waals surface area contributed by atoms with Gasteiger partial charge in [-0.15, -0.1) is 0 Å². The summed E-state index contributed by atoms with van der Waals surface area (Å²) in [5, 5.41) is 18.3. The number of phosphoric ester groups is 1. The van der Waals surface area contributed by atoms with E-state index in [2.05, 4.69) is 42.7 Å². The van der Waals surface area contributed by atoms with Gasteiger partial charge in [0.05, 0.1) is 19.8 Å². The molecule has 0 heterocycles. The van der Waals surface area contributed by atoms with E-state index in [1.807, 2.05) is 0 Å². The molecule has 0 radical (unpaired) electrons. The van der Waals surface area contributed by atoms with E-state index in [9.17, 15) is 24.2 Å². The van der Waals surface area contributed by atoms with Gasteiger partial charge in [0.2, 0.25) is 0 Å². The molecule has 294 valence electrons. The first-order chi connectivity index (χ1) is 24.2. The van der Waals surface area contributed by atoms with Gasteiger partial charge in [-0.3, -0.25) is 18.6 Å². The molecule has 3 N–H and O–H groups in total. The van der Waals surface area contributed by atoms with E-state index >= 15 is 0 Å². The fourth-order valence-electron chi connectivity index (χ4n) is 5.20. The van der Waals surface area contributed by atoms with Crippen molar-refractivity contribution in [3.8, 4) is 0 Å². The summed E-state index contributed by atoms with van der Waals surface area (Å²) in [6.45, 7) is 2.31. The van der Waals surface area contributed by atoms with Crippen molar-refractivity contribution >= 4 is 19.8 Å². The molecule has 0 spiro atoms. The average Bonchev–Trinajstić information content (AvgIpc) is 3.10. The van der Waals surface area contributed by atoms with Gasteiger partial charge in [-0.1, -0.05) is 128 Å². The van der Waals surface area contributed by atoms with Crippen molar-refractivity contribution in [2.24, 2.45) is 0 Å². The first-order valence-corrected chi connectivity index (χ1v) is 21.3. The number of aliphatic hydroxyl groups excluding tert-OH is 2. The monoisotopic (exact) mass is 732 g/mol. The smallest absolute Gasteiger partial charge is 0.462 e. The maximum atomic E-state index is 12.6. The number of aliphatic hydroxyl groups is 2. The van der Waals surface area contributed by atoms with E-state index in [-0.39, 0.29) is 19.4 Å². The van der Waals surface area contributed by atoms with Crippen LogP contribution in [0.4, 0.5) is 0 Å². The maximum absolute atomic E-state index is 12.6. The van der Waals surface area contributed by atoms with Gasteiger partial charge in [-0.05, 0) is 57.8 Å². The third-order valence-corrected chi connectivity index (χ3v) is 9.28. The van der Waals surface area contributed by atoms with Crippen molar-refractivity contribution in [2.75, 3.05) is 26.4 Å². The molecular formula is C39H73O10P. The van der Waals surface area contributed by atoms with Crippen LogP contribution in [0, 0.1) is 0 Å². The topological polar surface area (TPSA) is 149 Å².